The van der Waals surface area contributed by atoms with Crippen molar-refractivity contribution in [2.75, 3.05) is 39.4 Å². The first kappa shape index (κ1) is 22.1. The molecule has 2 fully saturated rings. The van der Waals surface area contributed by atoms with E-state index in [2.05, 4.69) is 14.9 Å². The lowest BCUT2D eigenvalue weighted by Gasteiger charge is -2.29. The van der Waals surface area contributed by atoms with E-state index in [1.165, 1.54) is 6.20 Å². The maximum absolute atomic E-state index is 13.1. The van der Waals surface area contributed by atoms with Crippen molar-refractivity contribution in [2.45, 2.75) is 26.3 Å². The Labute approximate surface area is 187 Å². The molecule has 1 N–H and O–H groups in total. The number of nitrogens with zero attached hydrogens (tertiary/aromatic N) is 4. The Kier molecular flexibility index (Phi) is 6.62. The van der Waals surface area contributed by atoms with Crippen LogP contribution in [0.2, 0.25) is 0 Å². The van der Waals surface area contributed by atoms with Gasteiger partial charge in [-0.1, -0.05) is 30.3 Å². The summed E-state index contributed by atoms with van der Waals surface area (Å²) in [6, 6.07) is 8.70. The number of likely N-dealkylation sites (tertiary alicyclic amines) is 1. The van der Waals surface area contributed by atoms with E-state index in [1.54, 1.807) is 18.7 Å². The monoisotopic (exact) mass is 436 g/mol. The quantitative estimate of drug-likeness (QED) is 0.421. The number of rotatable bonds is 6. The van der Waals surface area contributed by atoms with Crippen molar-refractivity contribution < 1.29 is 19.4 Å². The summed E-state index contributed by atoms with van der Waals surface area (Å²) < 4.78 is 5.39. The summed E-state index contributed by atoms with van der Waals surface area (Å²) in [5.41, 5.74) is 1.79. The first-order valence-corrected chi connectivity index (χ1v) is 10.9. The van der Waals surface area contributed by atoms with E-state index < -0.39 is 17.7 Å². The molecule has 0 spiro atoms. The maximum Gasteiger partial charge on any atom is 0.295 e. The fourth-order valence-corrected chi connectivity index (χ4v) is 4.34. The van der Waals surface area contributed by atoms with Crippen molar-refractivity contribution in [3.8, 4) is 0 Å². The van der Waals surface area contributed by atoms with Crippen LogP contribution in [-0.4, -0.2) is 76.0 Å². The minimum atomic E-state index is -0.678. The smallest absolute Gasteiger partial charge is 0.295 e. The van der Waals surface area contributed by atoms with Gasteiger partial charge in [0.05, 0.1) is 36.1 Å². The molecule has 1 atom stereocenters. The number of benzene rings is 1. The highest BCUT2D eigenvalue weighted by molar-refractivity contribution is 6.46. The summed E-state index contributed by atoms with van der Waals surface area (Å²) in [6.45, 7) is 7.91. The van der Waals surface area contributed by atoms with Crippen molar-refractivity contribution in [1.29, 1.82) is 0 Å². The average molecular weight is 437 g/mol. The van der Waals surface area contributed by atoms with Crippen LogP contribution in [0.5, 0.6) is 0 Å². The predicted octanol–water partition coefficient (Wildman–Crippen LogP) is 2.24. The van der Waals surface area contributed by atoms with Gasteiger partial charge >= 0.3 is 0 Å². The predicted molar refractivity (Wildman–Crippen MR) is 119 cm³/mol. The van der Waals surface area contributed by atoms with E-state index in [4.69, 9.17) is 4.74 Å². The number of carbonyl (C=O) groups is 2. The summed E-state index contributed by atoms with van der Waals surface area (Å²) in [6.07, 6.45) is 2.23. The van der Waals surface area contributed by atoms with Gasteiger partial charge in [0.15, 0.2) is 0 Å². The molecule has 2 aromatic rings. The molecule has 0 radical (unpaired) electrons. The molecule has 168 valence electrons. The summed E-state index contributed by atoms with van der Waals surface area (Å²) >= 11 is 0. The Morgan fingerprint density at radius 3 is 2.53 bits per heavy atom. The van der Waals surface area contributed by atoms with Crippen LogP contribution in [0.4, 0.5) is 0 Å². The van der Waals surface area contributed by atoms with Crippen molar-refractivity contribution >= 4 is 17.4 Å². The van der Waals surface area contributed by atoms with Gasteiger partial charge in [-0.15, -0.1) is 0 Å². The van der Waals surface area contributed by atoms with Crippen LogP contribution in [0.25, 0.3) is 5.76 Å². The van der Waals surface area contributed by atoms with Gasteiger partial charge in [-0.2, -0.15) is 0 Å². The van der Waals surface area contributed by atoms with Crippen LogP contribution in [0, 0.1) is 13.8 Å². The lowest BCUT2D eigenvalue weighted by Crippen LogP contribution is -2.38. The van der Waals surface area contributed by atoms with E-state index in [1.807, 2.05) is 30.3 Å². The highest BCUT2D eigenvalue weighted by Crippen LogP contribution is 2.39. The third-order valence-corrected chi connectivity index (χ3v) is 5.99. The van der Waals surface area contributed by atoms with Gasteiger partial charge in [0.2, 0.25) is 0 Å². The third kappa shape index (κ3) is 4.42. The SMILES string of the molecule is Cc1ncc(/C(O)=C2\C(=O)C(=O)N(CCCN3CCOCC3)[C@H]2c2ccccc2)c(C)n1. The highest BCUT2D eigenvalue weighted by Gasteiger charge is 2.46. The van der Waals surface area contributed by atoms with Crippen LogP contribution >= 0.6 is 0 Å². The number of aliphatic hydroxyl groups is 1. The molecule has 0 aliphatic carbocycles. The Bertz CT molecular complexity index is 1030. The molecule has 1 amide bonds. The number of aromatic nitrogens is 2. The molecular weight excluding hydrogens is 408 g/mol. The van der Waals surface area contributed by atoms with Crippen molar-refractivity contribution in [2.24, 2.45) is 0 Å². The first-order chi connectivity index (χ1) is 15.5. The number of aryl methyl sites for hydroxylation is 2. The molecule has 2 aliphatic heterocycles. The molecule has 2 aliphatic rings. The number of ketones is 1. The zero-order chi connectivity index (χ0) is 22.7. The standard InChI is InChI=1S/C24H28N4O4/c1-16-19(15-25-17(2)26-16)22(29)20-21(18-7-4-3-5-8-18)28(24(31)23(20)30)10-6-9-27-11-13-32-14-12-27/h3-5,7-8,15,21,29H,6,9-14H2,1-2H3/b22-20+/t21-/m0/s1. The van der Waals surface area contributed by atoms with Gasteiger partial charge < -0.3 is 14.7 Å². The normalized spacial score (nSPS) is 21.3. The second-order valence-corrected chi connectivity index (χ2v) is 8.13. The van der Waals surface area contributed by atoms with Gasteiger partial charge in [0.25, 0.3) is 11.7 Å². The summed E-state index contributed by atoms with van der Waals surface area (Å²) in [7, 11) is 0. The molecule has 2 saturated heterocycles. The number of hydrogen-bond donors (Lipinski definition) is 1. The molecule has 1 aromatic heterocycles. The van der Waals surface area contributed by atoms with Crippen LogP contribution in [-0.2, 0) is 14.3 Å². The van der Waals surface area contributed by atoms with Crippen molar-refractivity contribution in [3.63, 3.8) is 0 Å². The summed E-state index contributed by atoms with van der Waals surface area (Å²) in [5, 5.41) is 11.1. The van der Waals surface area contributed by atoms with Crippen molar-refractivity contribution in [1.82, 2.24) is 19.8 Å². The maximum atomic E-state index is 13.1. The van der Waals surface area contributed by atoms with Crippen LogP contribution in [0.1, 0.15) is 35.1 Å². The van der Waals surface area contributed by atoms with Crippen molar-refractivity contribution in [3.05, 3.63) is 64.7 Å². The van der Waals surface area contributed by atoms with E-state index in [9.17, 15) is 14.7 Å². The fourth-order valence-electron chi connectivity index (χ4n) is 4.34. The van der Waals surface area contributed by atoms with Crippen LogP contribution in [0.15, 0.2) is 42.1 Å². The zero-order valence-electron chi connectivity index (χ0n) is 18.5. The zero-order valence-corrected chi connectivity index (χ0v) is 18.5. The van der Waals surface area contributed by atoms with E-state index >= 15 is 0 Å². The molecule has 0 bridgehead atoms. The Hall–Kier alpha value is -3.10. The lowest BCUT2D eigenvalue weighted by atomic mass is 9.95. The largest absolute Gasteiger partial charge is 0.507 e. The van der Waals surface area contributed by atoms with Gasteiger partial charge in [0, 0.05) is 32.4 Å². The second-order valence-electron chi connectivity index (χ2n) is 8.13. The minimum Gasteiger partial charge on any atom is -0.507 e. The Morgan fingerprint density at radius 1 is 1.12 bits per heavy atom. The summed E-state index contributed by atoms with van der Waals surface area (Å²) in [5.74, 6) is -0.927. The second kappa shape index (κ2) is 9.58. The number of carbonyl (C=O) groups excluding carboxylic acids is 2. The van der Waals surface area contributed by atoms with Gasteiger partial charge in [0.1, 0.15) is 11.6 Å². The Balaban J connectivity index is 1.67. The minimum absolute atomic E-state index is 0.0862. The fraction of sp³-hybridized carbons (Fsp3) is 0.417. The van der Waals surface area contributed by atoms with Gasteiger partial charge in [-0.25, -0.2) is 9.97 Å². The van der Waals surface area contributed by atoms with Gasteiger partial charge in [-0.3, -0.25) is 14.5 Å². The molecule has 0 saturated carbocycles. The highest BCUT2D eigenvalue weighted by atomic mass is 16.5. The molecule has 4 rings (SSSR count). The first-order valence-electron chi connectivity index (χ1n) is 10.9. The van der Waals surface area contributed by atoms with Crippen LogP contribution in [0.3, 0.4) is 0 Å². The summed E-state index contributed by atoms with van der Waals surface area (Å²) in [4.78, 5) is 38.4. The number of hydrogen-bond acceptors (Lipinski definition) is 7. The van der Waals surface area contributed by atoms with E-state index in [-0.39, 0.29) is 11.3 Å². The number of Topliss-reactive ketones (excluding diaryl/α,β-unsaturated/α-hetero) is 1. The topological polar surface area (TPSA) is 95.9 Å². The number of morpholine rings is 1. The molecule has 8 heteroatoms. The Morgan fingerprint density at radius 2 is 1.84 bits per heavy atom. The molecule has 0 unspecified atom stereocenters. The molecule has 3 heterocycles. The molecule has 8 nitrogen and oxygen atoms in total. The van der Waals surface area contributed by atoms with Crippen LogP contribution < -0.4 is 0 Å². The average Bonchev–Trinajstić information content (AvgIpc) is 3.05. The number of ether oxygens (including phenoxy) is 1. The van der Waals surface area contributed by atoms with E-state index in [0.717, 1.165) is 31.6 Å². The third-order valence-electron chi connectivity index (χ3n) is 5.99. The lowest BCUT2D eigenvalue weighted by molar-refractivity contribution is -0.140. The number of amides is 1. The molecule has 32 heavy (non-hydrogen) atoms. The molecule has 1 aromatic carbocycles. The molecular formula is C24H28N4O4. The van der Waals surface area contributed by atoms with Gasteiger partial charge in [-0.05, 0) is 25.8 Å². The van der Waals surface area contributed by atoms with E-state index in [0.29, 0.717) is 36.8 Å². The number of aliphatic hydroxyl groups excluding tert-OH is 1.